The number of carbonyl (C=O) groups excluding carboxylic acids is 1. The summed E-state index contributed by atoms with van der Waals surface area (Å²) in [4.78, 5) is 16.4. The molecule has 0 amide bonds. The van der Waals surface area contributed by atoms with Crippen LogP contribution in [0.25, 0.3) is 10.9 Å². The van der Waals surface area contributed by atoms with Gasteiger partial charge in [-0.2, -0.15) is 0 Å². The maximum atomic E-state index is 12.1. The van der Waals surface area contributed by atoms with Gasteiger partial charge in [0, 0.05) is 11.6 Å². The zero-order valence-electron chi connectivity index (χ0n) is 15.8. The lowest BCUT2D eigenvalue weighted by Crippen LogP contribution is -2.24. The Bertz CT molecular complexity index is 726. The van der Waals surface area contributed by atoms with E-state index >= 15 is 0 Å². The summed E-state index contributed by atoms with van der Waals surface area (Å²) in [6, 6.07) is 7.06. The monoisotopic (exact) mass is 409 g/mol. The van der Waals surface area contributed by atoms with Crippen molar-refractivity contribution in [1.82, 2.24) is 4.98 Å². The smallest absolute Gasteiger partial charge is 0.357 e. The van der Waals surface area contributed by atoms with Crippen LogP contribution in [0.2, 0.25) is 5.02 Å². The Morgan fingerprint density at radius 3 is 2.56 bits per heavy atom. The Kier molecular flexibility index (Phi) is 9.78. The van der Waals surface area contributed by atoms with E-state index in [9.17, 15) is 4.79 Å². The molecule has 1 aromatic carbocycles. The quantitative estimate of drug-likeness (QED) is 0.196. The average molecular weight is 410 g/mol. The first kappa shape index (κ1) is 21.8. The number of carbonyl (C=O) groups is 1. The fourth-order valence-electron chi connectivity index (χ4n) is 2.86. The number of rotatable bonds is 12. The van der Waals surface area contributed by atoms with E-state index in [1.54, 1.807) is 24.4 Å². The number of pyridine rings is 1. The normalized spacial score (nSPS) is 12.1. The molecular weight excluding hydrogens is 382 g/mol. The van der Waals surface area contributed by atoms with Crippen molar-refractivity contribution in [2.24, 2.45) is 0 Å². The second-order valence-corrected chi connectivity index (χ2v) is 7.43. The largest absolute Gasteiger partial charge is 0.466 e. The van der Waals surface area contributed by atoms with Crippen LogP contribution in [-0.4, -0.2) is 23.0 Å². The number of ether oxygens (including phenoxy) is 2. The Morgan fingerprint density at radius 2 is 1.81 bits per heavy atom. The van der Waals surface area contributed by atoms with Gasteiger partial charge in [0.05, 0.1) is 11.6 Å². The standard InChI is InChI=1S/C21H28ClNO3S/c1-2-3-4-5-6-7-8-9-15-25-20(24)21(27)26-18-13-12-17(22)16-11-10-14-23-19(16)18/h10-14,21,27H,2-9,15H2,1H3. The molecule has 4 nitrogen and oxygen atoms in total. The van der Waals surface area contributed by atoms with Crippen LogP contribution in [0.3, 0.4) is 0 Å². The number of esters is 1. The van der Waals surface area contributed by atoms with E-state index in [2.05, 4.69) is 24.5 Å². The van der Waals surface area contributed by atoms with E-state index in [1.807, 2.05) is 6.07 Å². The molecule has 0 fully saturated rings. The molecule has 0 saturated heterocycles. The molecular formula is C21H28ClNO3S. The summed E-state index contributed by atoms with van der Waals surface area (Å²) in [5, 5.41) is 1.35. The third-order valence-corrected chi connectivity index (χ3v) is 5.01. The van der Waals surface area contributed by atoms with Crippen molar-refractivity contribution in [3.05, 3.63) is 35.5 Å². The van der Waals surface area contributed by atoms with E-state index in [0.29, 0.717) is 22.9 Å². The number of benzene rings is 1. The second kappa shape index (κ2) is 12.1. The minimum atomic E-state index is -0.995. The van der Waals surface area contributed by atoms with Crippen molar-refractivity contribution in [3.63, 3.8) is 0 Å². The molecule has 0 saturated carbocycles. The first-order valence-corrected chi connectivity index (χ1v) is 10.6. The summed E-state index contributed by atoms with van der Waals surface area (Å²) < 4.78 is 10.9. The fraction of sp³-hybridized carbons (Fsp3) is 0.524. The number of hydrogen-bond donors (Lipinski definition) is 1. The van der Waals surface area contributed by atoms with E-state index in [1.165, 1.54) is 38.5 Å². The third-order valence-electron chi connectivity index (χ3n) is 4.36. The number of hydrogen-bond acceptors (Lipinski definition) is 5. The van der Waals surface area contributed by atoms with Crippen molar-refractivity contribution in [2.75, 3.05) is 6.61 Å². The Labute approximate surface area is 172 Å². The molecule has 0 radical (unpaired) electrons. The number of aromatic nitrogens is 1. The number of thiol groups is 1. The molecule has 1 unspecified atom stereocenters. The lowest BCUT2D eigenvalue weighted by Gasteiger charge is -2.14. The SMILES string of the molecule is CCCCCCCCCCOC(=O)C(S)Oc1ccc(Cl)c2cccnc12. The zero-order valence-corrected chi connectivity index (χ0v) is 17.5. The maximum Gasteiger partial charge on any atom is 0.357 e. The molecule has 1 aromatic heterocycles. The fourth-order valence-corrected chi connectivity index (χ4v) is 3.26. The van der Waals surface area contributed by atoms with Gasteiger partial charge in [0.25, 0.3) is 0 Å². The van der Waals surface area contributed by atoms with E-state index in [-0.39, 0.29) is 0 Å². The Balaban J connectivity index is 1.71. The van der Waals surface area contributed by atoms with Gasteiger partial charge >= 0.3 is 5.97 Å². The second-order valence-electron chi connectivity index (χ2n) is 6.56. The minimum absolute atomic E-state index is 0.397. The first-order valence-electron chi connectivity index (χ1n) is 9.68. The van der Waals surface area contributed by atoms with Crippen molar-refractivity contribution >= 4 is 41.1 Å². The van der Waals surface area contributed by atoms with Gasteiger partial charge in [-0.3, -0.25) is 4.98 Å². The summed E-state index contributed by atoms with van der Waals surface area (Å²) in [7, 11) is 0. The van der Waals surface area contributed by atoms with Crippen LogP contribution < -0.4 is 4.74 Å². The topological polar surface area (TPSA) is 48.4 Å². The molecule has 0 aliphatic heterocycles. The third kappa shape index (κ3) is 7.23. The van der Waals surface area contributed by atoms with Crippen LogP contribution in [0.15, 0.2) is 30.5 Å². The molecule has 1 atom stereocenters. The molecule has 2 rings (SSSR count). The van der Waals surface area contributed by atoms with Crippen LogP contribution in [0.1, 0.15) is 58.3 Å². The lowest BCUT2D eigenvalue weighted by molar-refractivity contribution is -0.147. The van der Waals surface area contributed by atoms with Crippen molar-refractivity contribution in [2.45, 2.75) is 63.7 Å². The predicted molar refractivity (Wildman–Crippen MR) is 114 cm³/mol. The van der Waals surface area contributed by atoms with Gasteiger partial charge in [0.15, 0.2) is 0 Å². The van der Waals surface area contributed by atoms with Crippen LogP contribution >= 0.6 is 24.2 Å². The summed E-state index contributed by atoms with van der Waals surface area (Å²) in [6.45, 7) is 2.62. The molecule has 27 heavy (non-hydrogen) atoms. The molecule has 2 aromatic rings. The molecule has 148 valence electrons. The number of halogens is 1. The Hall–Kier alpha value is -1.46. The minimum Gasteiger partial charge on any atom is -0.466 e. The molecule has 0 aliphatic rings. The number of fused-ring (bicyclic) bond motifs is 1. The summed E-state index contributed by atoms with van der Waals surface area (Å²) in [6.07, 6.45) is 11.2. The summed E-state index contributed by atoms with van der Waals surface area (Å²) in [5.41, 5.74) is -0.398. The zero-order chi connectivity index (χ0) is 19.5. The van der Waals surface area contributed by atoms with Crippen LogP contribution in [-0.2, 0) is 9.53 Å². The van der Waals surface area contributed by atoms with E-state index in [4.69, 9.17) is 21.1 Å². The van der Waals surface area contributed by atoms with Gasteiger partial charge < -0.3 is 9.47 Å². The van der Waals surface area contributed by atoms with E-state index in [0.717, 1.165) is 18.2 Å². The number of nitrogens with zero attached hydrogens (tertiary/aromatic N) is 1. The first-order chi connectivity index (χ1) is 13.1. The number of unbranched alkanes of at least 4 members (excludes halogenated alkanes) is 7. The molecule has 0 aliphatic carbocycles. The highest BCUT2D eigenvalue weighted by molar-refractivity contribution is 7.81. The lowest BCUT2D eigenvalue weighted by atomic mass is 10.1. The Morgan fingerprint density at radius 1 is 1.11 bits per heavy atom. The van der Waals surface area contributed by atoms with Crippen LogP contribution in [0.5, 0.6) is 5.75 Å². The van der Waals surface area contributed by atoms with Gasteiger partial charge in [-0.05, 0) is 30.7 Å². The van der Waals surface area contributed by atoms with Crippen LogP contribution in [0.4, 0.5) is 0 Å². The summed E-state index contributed by atoms with van der Waals surface area (Å²) in [5.74, 6) is -0.0284. The van der Waals surface area contributed by atoms with Crippen molar-refractivity contribution in [1.29, 1.82) is 0 Å². The highest BCUT2D eigenvalue weighted by Crippen LogP contribution is 2.30. The average Bonchev–Trinajstić information content (AvgIpc) is 2.68. The summed E-state index contributed by atoms with van der Waals surface area (Å²) >= 11 is 10.4. The van der Waals surface area contributed by atoms with Gasteiger partial charge in [0.1, 0.15) is 11.3 Å². The molecule has 6 heteroatoms. The van der Waals surface area contributed by atoms with Gasteiger partial charge in [0.2, 0.25) is 5.44 Å². The van der Waals surface area contributed by atoms with Crippen molar-refractivity contribution in [3.8, 4) is 5.75 Å². The molecule has 1 heterocycles. The molecule has 0 bridgehead atoms. The van der Waals surface area contributed by atoms with Gasteiger partial charge in [-0.15, -0.1) is 12.6 Å². The van der Waals surface area contributed by atoms with Crippen LogP contribution in [0, 0.1) is 0 Å². The maximum absolute atomic E-state index is 12.1. The highest BCUT2D eigenvalue weighted by atomic mass is 35.5. The highest BCUT2D eigenvalue weighted by Gasteiger charge is 2.19. The van der Waals surface area contributed by atoms with Gasteiger partial charge in [-0.1, -0.05) is 63.5 Å². The predicted octanol–water partition coefficient (Wildman–Crippen LogP) is 6.21. The van der Waals surface area contributed by atoms with Gasteiger partial charge in [-0.25, -0.2) is 4.79 Å². The van der Waals surface area contributed by atoms with E-state index < -0.39 is 11.4 Å². The van der Waals surface area contributed by atoms with Crippen molar-refractivity contribution < 1.29 is 14.3 Å². The molecule has 0 N–H and O–H groups in total. The molecule has 0 spiro atoms.